The Morgan fingerprint density at radius 1 is 1.15 bits per heavy atom. The number of fused-ring (bicyclic) bond motifs is 1. The van der Waals surface area contributed by atoms with Crippen molar-refractivity contribution < 1.29 is 9.90 Å². The lowest BCUT2D eigenvalue weighted by molar-refractivity contribution is -0.112. The average Bonchev–Trinajstić information content (AvgIpc) is 3.07. The van der Waals surface area contributed by atoms with E-state index in [1.54, 1.807) is 0 Å². The number of nitrogens with one attached hydrogen (secondary N) is 1. The molecule has 1 aliphatic rings. The number of para-hydroxylation sites is 2. The Morgan fingerprint density at radius 3 is 2.62 bits per heavy atom. The van der Waals surface area contributed by atoms with Crippen LogP contribution in [0.5, 0.6) is 0 Å². The highest BCUT2D eigenvalue weighted by atomic mass is 32.1. The highest BCUT2D eigenvalue weighted by Gasteiger charge is 2.29. The van der Waals surface area contributed by atoms with Crippen molar-refractivity contribution in [2.45, 2.75) is 6.92 Å². The molecule has 0 fully saturated rings. The summed E-state index contributed by atoms with van der Waals surface area (Å²) < 4.78 is 0. The van der Waals surface area contributed by atoms with E-state index in [0.717, 1.165) is 17.1 Å². The van der Waals surface area contributed by atoms with E-state index in [1.165, 1.54) is 11.3 Å². The molecule has 2 aromatic carbocycles. The summed E-state index contributed by atoms with van der Waals surface area (Å²) in [6.07, 6.45) is 0. The number of aliphatic hydroxyl groups excluding tert-OH is 1. The van der Waals surface area contributed by atoms with Gasteiger partial charge in [-0.1, -0.05) is 30.3 Å². The van der Waals surface area contributed by atoms with Gasteiger partial charge in [-0.2, -0.15) is 0 Å². The second-order valence-corrected chi connectivity index (χ2v) is 6.87. The lowest BCUT2D eigenvalue weighted by Gasteiger charge is -2.32. The quantitative estimate of drug-likeness (QED) is 0.718. The first-order chi connectivity index (χ1) is 12.6. The summed E-state index contributed by atoms with van der Waals surface area (Å²) in [5.41, 5.74) is 3.65. The number of rotatable bonds is 3. The second kappa shape index (κ2) is 6.65. The maximum atomic E-state index is 12.8. The smallest absolute Gasteiger partial charge is 0.258 e. The van der Waals surface area contributed by atoms with Crippen LogP contribution in [0.25, 0.3) is 5.76 Å². The third-order valence-electron chi connectivity index (χ3n) is 4.23. The van der Waals surface area contributed by atoms with Gasteiger partial charge in [0, 0.05) is 16.6 Å². The van der Waals surface area contributed by atoms with Gasteiger partial charge in [0.05, 0.1) is 23.5 Å². The van der Waals surface area contributed by atoms with Crippen molar-refractivity contribution in [2.75, 3.05) is 16.8 Å². The molecule has 0 atom stereocenters. The van der Waals surface area contributed by atoms with Gasteiger partial charge < -0.3 is 10.0 Å². The zero-order valence-corrected chi connectivity index (χ0v) is 15.0. The van der Waals surface area contributed by atoms with Crippen LogP contribution >= 0.6 is 11.3 Å². The Kier molecular flexibility index (Phi) is 4.18. The highest BCUT2D eigenvalue weighted by molar-refractivity contribution is 7.13. The van der Waals surface area contributed by atoms with Crippen LogP contribution in [-0.2, 0) is 4.79 Å². The highest BCUT2D eigenvalue weighted by Crippen LogP contribution is 2.38. The van der Waals surface area contributed by atoms with E-state index < -0.39 is 0 Å². The van der Waals surface area contributed by atoms with Gasteiger partial charge in [0.25, 0.3) is 5.91 Å². The summed E-state index contributed by atoms with van der Waals surface area (Å²) in [5.74, 6) is -0.328. The summed E-state index contributed by atoms with van der Waals surface area (Å²) in [5, 5.41) is 15.9. The molecule has 0 radical (unpaired) electrons. The Hall–Kier alpha value is -3.12. The van der Waals surface area contributed by atoms with Crippen molar-refractivity contribution in [3.8, 4) is 0 Å². The van der Waals surface area contributed by atoms with Crippen LogP contribution in [-0.4, -0.2) is 22.5 Å². The fourth-order valence-corrected chi connectivity index (χ4v) is 3.67. The van der Waals surface area contributed by atoms with Crippen LogP contribution < -0.4 is 10.2 Å². The molecule has 4 rings (SSSR count). The number of nitrogens with zero attached hydrogens (tertiary/aromatic N) is 2. The monoisotopic (exact) mass is 363 g/mol. The zero-order chi connectivity index (χ0) is 18.1. The van der Waals surface area contributed by atoms with Crippen molar-refractivity contribution in [3.05, 3.63) is 76.8 Å². The SMILES string of the molecule is Cc1csc(NC(=O)C2=C(O)c3ccccc3N(c3ccccc3)C2)n1. The molecule has 0 bridgehead atoms. The minimum Gasteiger partial charge on any atom is -0.507 e. The van der Waals surface area contributed by atoms with E-state index in [1.807, 2.05) is 71.8 Å². The number of aliphatic hydroxyl groups is 1. The molecule has 5 nitrogen and oxygen atoms in total. The molecule has 1 aliphatic heterocycles. The van der Waals surface area contributed by atoms with E-state index in [-0.39, 0.29) is 18.2 Å². The molecule has 3 aromatic rings. The fourth-order valence-electron chi connectivity index (χ4n) is 2.99. The molecule has 1 amide bonds. The normalized spacial score (nSPS) is 13.5. The number of aromatic nitrogens is 1. The van der Waals surface area contributed by atoms with Crippen LogP contribution in [0.1, 0.15) is 11.3 Å². The third-order valence-corrected chi connectivity index (χ3v) is 5.11. The van der Waals surface area contributed by atoms with Crippen LogP contribution in [0.15, 0.2) is 65.6 Å². The van der Waals surface area contributed by atoms with Gasteiger partial charge in [0.1, 0.15) is 5.76 Å². The Labute approximate surface area is 155 Å². The van der Waals surface area contributed by atoms with Crippen LogP contribution in [0.3, 0.4) is 0 Å². The van der Waals surface area contributed by atoms with Crippen molar-refractivity contribution in [1.82, 2.24) is 4.98 Å². The van der Waals surface area contributed by atoms with Crippen molar-refractivity contribution in [3.63, 3.8) is 0 Å². The maximum Gasteiger partial charge on any atom is 0.258 e. The first-order valence-corrected chi connectivity index (χ1v) is 9.09. The van der Waals surface area contributed by atoms with E-state index in [2.05, 4.69) is 10.3 Å². The number of hydrogen-bond acceptors (Lipinski definition) is 5. The van der Waals surface area contributed by atoms with E-state index in [0.29, 0.717) is 16.3 Å². The Bertz CT molecular complexity index is 995. The fraction of sp³-hybridized carbons (Fsp3) is 0.100. The number of carbonyl (C=O) groups excluding carboxylic acids is 1. The molecule has 2 heterocycles. The van der Waals surface area contributed by atoms with Gasteiger partial charge in [-0.15, -0.1) is 11.3 Å². The van der Waals surface area contributed by atoms with Gasteiger partial charge in [-0.3, -0.25) is 10.1 Å². The van der Waals surface area contributed by atoms with E-state index in [9.17, 15) is 9.90 Å². The summed E-state index contributed by atoms with van der Waals surface area (Å²) >= 11 is 1.36. The van der Waals surface area contributed by atoms with Crippen molar-refractivity contribution in [2.24, 2.45) is 0 Å². The molecular weight excluding hydrogens is 346 g/mol. The summed E-state index contributed by atoms with van der Waals surface area (Å²) in [4.78, 5) is 19.1. The molecule has 0 saturated heterocycles. The number of thiazole rings is 1. The molecule has 0 spiro atoms. The van der Waals surface area contributed by atoms with E-state index >= 15 is 0 Å². The summed E-state index contributed by atoms with van der Waals surface area (Å²) in [6.45, 7) is 2.15. The summed E-state index contributed by atoms with van der Waals surface area (Å²) in [7, 11) is 0. The first kappa shape index (κ1) is 16.4. The average molecular weight is 363 g/mol. The molecule has 6 heteroatoms. The lowest BCUT2D eigenvalue weighted by atomic mass is 9.99. The van der Waals surface area contributed by atoms with Crippen molar-refractivity contribution in [1.29, 1.82) is 0 Å². The standard InChI is InChI=1S/C20H17N3O2S/c1-13-12-26-20(21-13)22-19(25)16-11-23(14-7-3-2-4-8-14)17-10-6-5-9-15(17)18(16)24/h2-10,12,24H,11H2,1H3,(H,21,22,25). The Balaban J connectivity index is 1.74. The largest absolute Gasteiger partial charge is 0.507 e. The third kappa shape index (κ3) is 2.95. The first-order valence-electron chi connectivity index (χ1n) is 8.21. The molecule has 0 saturated carbocycles. The maximum absolute atomic E-state index is 12.8. The minimum absolute atomic E-state index is 0.0126. The zero-order valence-electron chi connectivity index (χ0n) is 14.1. The molecule has 1 aromatic heterocycles. The topological polar surface area (TPSA) is 65.5 Å². The van der Waals surface area contributed by atoms with Gasteiger partial charge >= 0.3 is 0 Å². The van der Waals surface area contributed by atoms with Gasteiger partial charge in [-0.05, 0) is 31.2 Å². The van der Waals surface area contributed by atoms with Crippen LogP contribution in [0.4, 0.5) is 16.5 Å². The van der Waals surface area contributed by atoms with Gasteiger partial charge in [0.15, 0.2) is 5.13 Å². The number of amides is 1. The molecule has 2 N–H and O–H groups in total. The Morgan fingerprint density at radius 2 is 1.88 bits per heavy atom. The van der Waals surface area contributed by atoms with Crippen LogP contribution in [0, 0.1) is 6.92 Å². The summed E-state index contributed by atoms with van der Waals surface area (Å²) in [6, 6.07) is 17.4. The van der Waals surface area contributed by atoms with E-state index in [4.69, 9.17) is 0 Å². The lowest BCUT2D eigenvalue weighted by Crippen LogP contribution is -2.31. The number of carbonyl (C=O) groups is 1. The van der Waals surface area contributed by atoms with Gasteiger partial charge in [0.2, 0.25) is 0 Å². The minimum atomic E-state index is -0.340. The number of aryl methyl sites for hydroxylation is 1. The molecule has 0 aliphatic carbocycles. The molecule has 0 unspecified atom stereocenters. The number of hydrogen-bond donors (Lipinski definition) is 2. The predicted molar refractivity (Wildman–Crippen MR) is 105 cm³/mol. The second-order valence-electron chi connectivity index (χ2n) is 6.01. The van der Waals surface area contributed by atoms with Crippen LogP contribution in [0.2, 0.25) is 0 Å². The molecule has 130 valence electrons. The molecule has 26 heavy (non-hydrogen) atoms. The molecular formula is C20H17N3O2S. The van der Waals surface area contributed by atoms with Crippen molar-refractivity contribution >= 4 is 39.5 Å². The predicted octanol–water partition coefficient (Wildman–Crippen LogP) is 4.51. The number of benzene rings is 2. The number of anilines is 3. The van der Waals surface area contributed by atoms with Gasteiger partial charge in [-0.25, -0.2) is 4.98 Å².